The fraction of sp³-hybridized carbons (Fsp3) is 0.267. The first-order valence-electron chi connectivity index (χ1n) is 6.42. The Morgan fingerprint density at radius 3 is 2.65 bits per heavy atom. The zero-order chi connectivity index (χ0) is 14.2. The van der Waals surface area contributed by atoms with Gasteiger partial charge in [0.2, 0.25) is 0 Å². The standard InChI is InChI=1S/C15H17NO3S/c17-15(18)10-13-6-7-14(20-13)11-16-8-9-19-12-4-2-1-3-5-12/h1-7,16H,8-11H2,(H,17,18). The number of benzene rings is 1. The smallest absolute Gasteiger partial charge is 0.308 e. The lowest BCUT2D eigenvalue weighted by atomic mass is 10.3. The van der Waals surface area contributed by atoms with Gasteiger partial charge in [0.1, 0.15) is 12.4 Å². The van der Waals surface area contributed by atoms with Gasteiger partial charge in [0.15, 0.2) is 0 Å². The number of para-hydroxylation sites is 1. The Bertz CT molecular complexity index is 539. The molecule has 0 amide bonds. The van der Waals surface area contributed by atoms with Gasteiger partial charge < -0.3 is 15.2 Å². The van der Waals surface area contributed by atoms with Crippen LogP contribution in [0.25, 0.3) is 0 Å². The minimum Gasteiger partial charge on any atom is -0.492 e. The van der Waals surface area contributed by atoms with E-state index in [2.05, 4.69) is 5.32 Å². The molecule has 106 valence electrons. The maximum atomic E-state index is 10.6. The highest BCUT2D eigenvalue weighted by Gasteiger charge is 2.04. The maximum absolute atomic E-state index is 10.6. The molecule has 2 N–H and O–H groups in total. The number of carboxylic acid groups (broad SMARTS) is 1. The van der Waals surface area contributed by atoms with Crippen LogP contribution >= 0.6 is 11.3 Å². The minimum absolute atomic E-state index is 0.0990. The average molecular weight is 291 g/mol. The number of hydrogen-bond acceptors (Lipinski definition) is 4. The number of carboxylic acids is 1. The molecule has 1 heterocycles. The first-order chi connectivity index (χ1) is 9.74. The van der Waals surface area contributed by atoms with E-state index in [-0.39, 0.29) is 6.42 Å². The van der Waals surface area contributed by atoms with E-state index >= 15 is 0 Å². The van der Waals surface area contributed by atoms with Crippen molar-refractivity contribution in [2.24, 2.45) is 0 Å². The molecular formula is C15H17NO3S. The number of thiophene rings is 1. The molecule has 0 radical (unpaired) electrons. The second-order valence-corrected chi connectivity index (χ2v) is 5.53. The molecule has 0 aliphatic heterocycles. The number of hydrogen-bond donors (Lipinski definition) is 2. The summed E-state index contributed by atoms with van der Waals surface area (Å²) in [4.78, 5) is 12.6. The molecule has 1 aromatic heterocycles. The van der Waals surface area contributed by atoms with E-state index in [1.165, 1.54) is 11.3 Å². The predicted octanol–water partition coefficient (Wildman–Crippen LogP) is 2.54. The highest BCUT2D eigenvalue weighted by Crippen LogP contribution is 2.16. The molecule has 0 fully saturated rings. The van der Waals surface area contributed by atoms with Crippen molar-refractivity contribution in [2.45, 2.75) is 13.0 Å². The lowest BCUT2D eigenvalue weighted by molar-refractivity contribution is -0.136. The molecule has 4 nitrogen and oxygen atoms in total. The van der Waals surface area contributed by atoms with E-state index < -0.39 is 5.97 Å². The van der Waals surface area contributed by atoms with Gasteiger partial charge in [-0.3, -0.25) is 4.79 Å². The van der Waals surface area contributed by atoms with E-state index in [9.17, 15) is 4.79 Å². The number of ether oxygens (including phenoxy) is 1. The van der Waals surface area contributed by atoms with Gasteiger partial charge in [-0.05, 0) is 24.3 Å². The Kier molecular flexibility index (Phi) is 5.58. The lowest BCUT2D eigenvalue weighted by Crippen LogP contribution is -2.20. The zero-order valence-corrected chi connectivity index (χ0v) is 11.9. The van der Waals surface area contributed by atoms with Crippen LogP contribution in [0.5, 0.6) is 5.75 Å². The molecule has 20 heavy (non-hydrogen) atoms. The molecule has 0 aliphatic rings. The third-order valence-electron chi connectivity index (χ3n) is 2.63. The number of nitrogens with one attached hydrogen (secondary N) is 1. The van der Waals surface area contributed by atoms with Gasteiger partial charge in [0, 0.05) is 22.8 Å². The van der Waals surface area contributed by atoms with E-state index in [0.717, 1.165) is 28.6 Å². The van der Waals surface area contributed by atoms with Crippen molar-refractivity contribution in [1.82, 2.24) is 5.32 Å². The largest absolute Gasteiger partial charge is 0.492 e. The van der Waals surface area contributed by atoms with Crippen LogP contribution in [-0.4, -0.2) is 24.2 Å². The SMILES string of the molecule is O=C(O)Cc1ccc(CNCCOc2ccccc2)s1. The first-order valence-corrected chi connectivity index (χ1v) is 7.23. The van der Waals surface area contributed by atoms with Crippen molar-refractivity contribution in [3.63, 3.8) is 0 Å². The summed E-state index contributed by atoms with van der Waals surface area (Å²) in [7, 11) is 0. The van der Waals surface area contributed by atoms with E-state index in [4.69, 9.17) is 9.84 Å². The van der Waals surface area contributed by atoms with Crippen LogP contribution in [0.3, 0.4) is 0 Å². The van der Waals surface area contributed by atoms with E-state index in [1.807, 2.05) is 42.5 Å². The third kappa shape index (κ3) is 5.03. The monoisotopic (exact) mass is 291 g/mol. The summed E-state index contributed by atoms with van der Waals surface area (Å²) in [6, 6.07) is 13.5. The van der Waals surface area contributed by atoms with Gasteiger partial charge >= 0.3 is 5.97 Å². The highest BCUT2D eigenvalue weighted by atomic mass is 32.1. The summed E-state index contributed by atoms with van der Waals surface area (Å²) >= 11 is 1.53. The van der Waals surface area contributed by atoms with Crippen LogP contribution in [0, 0.1) is 0 Å². The van der Waals surface area contributed by atoms with Crippen LogP contribution in [0.1, 0.15) is 9.75 Å². The van der Waals surface area contributed by atoms with Gasteiger partial charge in [-0.25, -0.2) is 0 Å². The Balaban J connectivity index is 1.63. The summed E-state index contributed by atoms with van der Waals surface area (Å²) < 4.78 is 5.56. The average Bonchev–Trinajstić information content (AvgIpc) is 2.86. The van der Waals surface area contributed by atoms with Crippen molar-refractivity contribution >= 4 is 17.3 Å². The Morgan fingerprint density at radius 2 is 1.90 bits per heavy atom. The Morgan fingerprint density at radius 1 is 1.15 bits per heavy atom. The number of rotatable bonds is 8. The van der Waals surface area contributed by atoms with Gasteiger partial charge in [0.25, 0.3) is 0 Å². The van der Waals surface area contributed by atoms with Crippen LogP contribution in [-0.2, 0) is 17.8 Å². The molecule has 0 aliphatic carbocycles. The van der Waals surface area contributed by atoms with Gasteiger partial charge in [-0.2, -0.15) is 0 Å². The molecule has 0 atom stereocenters. The van der Waals surface area contributed by atoms with Crippen molar-refractivity contribution in [3.05, 3.63) is 52.2 Å². The van der Waals surface area contributed by atoms with Crippen LogP contribution in [0.2, 0.25) is 0 Å². The molecule has 2 rings (SSSR count). The number of aliphatic carboxylic acids is 1. The molecule has 0 unspecified atom stereocenters. The summed E-state index contributed by atoms with van der Waals surface area (Å²) in [5.74, 6) is 0.0804. The van der Waals surface area contributed by atoms with Crippen molar-refractivity contribution in [3.8, 4) is 5.75 Å². The van der Waals surface area contributed by atoms with E-state index in [0.29, 0.717) is 6.61 Å². The predicted molar refractivity (Wildman–Crippen MR) is 79.3 cm³/mol. The second kappa shape index (κ2) is 7.67. The van der Waals surface area contributed by atoms with Crippen LogP contribution in [0.15, 0.2) is 42.5 Å². The van der Waals surface area contributed by atoms with Gasteiger partial charge in [-0.15, -0.1) is 11.3 Å². The lowest BCUT2D eigenvalue weighted by Gasteiger charge is -2.06. The Labute approximate surface area is 122 Å². The number of carbonyl (C=O) groups is 1. The van der Waals surface area contributed by atoms with Crippen molar-refractivity contribution in [1.29, 1.82) is 0 Å². The first kappa shape index (κ1) is 14.6. The van der Waals surface area contributed by atoms with Crippen LogP contribution in [0.4, 0.5) is 0 Å². The molecule has 0 saturated carbocycles. The molecule has 0 saturated heterocycles. The summed E-state index contributed by atoms with van der Waals surface area (Å²) in [5, 5.41) is 12.0. The highest BCUT2D eigenvalue weighted by molar-refractivity contribution is 7.12. The zero-order valence-electron chi connectivity index (χ0n) is 11.0. The summed E-state index contributed by atoms with van der Waals surface area (Å²) in [6.45, 7) is 2.10. The summed E-state index contributed by atoms with van der Waals surface area (Å²) in [5.41, 5.74) is 0. The van der Waals surface area contributed by atoms with Gasteiger partial charge in [0.05, 0.1) is 6.42 Å². The second-order valence-electron chi connectivity index (χ2n) is 4.28. The fourth-order valence-electron chi connectivity index (χ4n) is 1.73. The maximum Gasteiger partial charge on any atom is 0.308 e. The fourth-order valence-corrected chi connectivity index (χ4v) is 2.71. The molecule has 0 spiro atoms. The minimum atomic E-state index is -0.789. The molecule has 0 bridgehead atoms. The molecule has 2 aromatic rings. The summed E-state index contributed by atoms with van der Waals surface area (Å²) in [6.07, 6.45) is 0.0990. The molecule has 1 aromatic carbocycles. The van der Waals surface area contributed by atoms with Gasteiger partial charge in [-0.1, -0.05) is 18.2 Å². The quantitative estimate of drug-likeness (QED) is 0.734. The Hall–Kier alpha value is -1.85. The van der Waals surface area contributed by atoms with Crippen molar-refractivity contribution < 1.29 is 14.6 Å². The molecular weight excluding hydrogens is 274 g/mol. The third-order valence-corrected chi connectivity index (χ3v) is 3.72. The van der Waals surface area contributed by atoms with Crippen molar-refractivity contribution in [2.75, 3.05) is 13.2 Å². The van der Waals surface area contributed by atoms with E-state index in [1.54, 1.807) is 0 Å². The van der Waals surface area contributed by atoms with Crippen LogP contribution < -0.4 is 10.1 Å². The normalized spacial score (nSPS) is 10.4. The molecule has 5 heteroatoms. The topological polar surface area (TPSA) is 58.6 Å².